The van der Waals surface area contributed by atoms with Gasteiger partial charge in [-0.25, -0.2) is 0 Å². The van der Waals surface area contributed by atoms with Crippen LogP contribution in [0, 0.1) is 6.92 Å². The van der Waals surface area contributed by atoms with Gasteiger partial charge in [-0.3, -0.25) is 14.9 Å². The minimum Gasteiger partial charge on any atom is -0.456 e. The van der Waals surface area contributed by atoms with Crippen molar-refractivity contribution in [1.82, 2.24) is 10.3 Å². The van der Waals surface area contributed by atoms with Crippen LogP contribution in [0.25, 0.3) is 10.9 Å². The second-order valence-electron chi connectivity index (χ2n) is 6.62. The average molecular weight is 380 g/mol. The summed E-state index contributed by atoms with van der Waals surface area (Å²) in [6.45, 7) is 1.73. The molecule has 4 rings (SSSR count). The minimum absolute atomic E-state index is 0.0230. The highest BCUT2D eigenvalue weighted by molar-refractivity contribution is 7.99. The van der Waals surface area contributed by atoms with E-state index in [4.69, 9.17) is 4.74 Å². The van der Waals surface area contributed by atoms with E-state index in [-0.39, 0.29) is 23.7 Å². The lowest BCUT2D eigenvalue weighted by molar-refractivity contribution is -0.144. The van der Waals surface area contributed by atoms with E-state index >= 15 is 0 Å². The van der Waals surface area contributed by atoms with Gasteiger partial charge in [-0.15, -0.1) is 11.8 Å². The third kappa shape index (κ3) is 3.77. The molecule has 0 spiro atoms. The van der Waals surface area contributed by atoms with Gasteiger partial charge in [0.15, 0.2) is 12.4 Å². The number of thioether (sulfide) groups is 1. The van der Waals surface area contributed by atoms with Crippen LogP contribution in [0.4, 0.5) is 0 Å². The number of ether oxygens (including phenoxy) is 1. The summed E-state index contributed by atoms with van der Waals surface area (Å²) in [6.07, 6.45) is 1.91. The Labute approximate surface area is 161 Å². The van der Waals surface area contributed by atoms with Crippen molar-refractivity contribution in [3.8, 4) is 0 Å². The summed E-state index contributed by atoms with van der Waals surface area (Å²) in [5.41, 5.74) is 3.85. The number of aromatic amines is 1. The lowest BCUT2D eigenvalue weighted by Gasteiger charge is -2.14. The standard InChI is InChI=1S/C21H20N2O3S/c1-13-5-7-14(8-6-13)19(24)11-26-21(25)18-12-27-20(23-18)16-3-2-4-17-15(16)9-10-22-17/h2-10,18,20,22-23H,11-12H2,1H3/t18-,20-/m0/s1. The van der Waals surface area contributed by atoms with Crippen molar-refractivity contribution in [2.45, 2.75) is 18.3 Å². The summed E-state index contributed by atoms with van der Waals surface area (Å²) < 4.78 is 5.26. The van der Waals surface area contributed by atoms with Crippen molar-refractivity contribution in [2.24, 2.45) is 0 Å². The van der Waals surface area contributed by atoms with Gasteiger partial charge in [0.05, 0.1) is 5.37 Å². The van der Waals surface area contributed by atoms with E-state index in [1.165, 1.54) is 0 Å². The van der Waals surface area contributed by atoms with Crippen molar-refractivity contribution >= 4 is 34.4 Å². The number of hydrogen-bond acceptors (Lipinski definition) is 5. The maximum absolute atomic E-state index is 12.4. The summed E-state index contributed by atoms with van der Waals surface area (Å²) in [5.74, 6) is 0.0394. The van der Waals surface area contributed by atoms with Gasteiger partial charge in [-0.2, -0.15) is 0 Å². The van der Waals surface area contributed by atoms with Crippen LogP contribution in [-0.4, -0.2) is 35.1 Å². The number of benzene rings is 2. The molecule has 1 aromatic heterocycles. The highest BCUT2D eigenvalue weighted by Crippen LogP contribution is 2.36. The summed E-state index contributed by atoms with van der Waals surface area (Å²) in [4.78, 5) is 27.7. The molecule has 2 heterocycles. The Morgan fingerprint density at radius 2 is 1.96 bits per heavy atom. The van der Waals surface area contributed by atoms with E-state index in [1.807, 2.05) is 43.5 Å². The van der Waals surface area contributed by atoms with Gasteiger partial charge in [0.1, 0.15) is 6.04 Å². The van der Waals surface area contributed by atoms with Crippen LogP contribution in [0.5, 0.6) is 0 Å². The molecule has 3 aromatic rings. The lowest BCUT2D eigenvalue weighted by Crippen LogP contribution is -2.36. The third-order valence-electron chi connectivity index (χ3n) is 4.70. The van der Waals surface area contributed by atoms with Gasteiger partial charge in [0.2, 0.25) is 0 Å². The summed E-state index contributed by atoms with van der Waals surface area (Å²) in [5, 5.41) is 4.49. The number of carbonyl (C=O) groups is 2. The zero-order valence-corrected chi connectivity index (χ0v) is 15.7. The normalized spacial score (nSPS) is 19.3. The van der Waals surface area contributed by atoms with Crippen LogP contribution in [0.15, 0.2) is 54.7 Å². The molecule has 1 aliphatic heterocycles. The molecule has 2 N–H and O–H groups in total. The molecule has 0 saturated carbocycles. The first-order valence-corrected chi connectivity index (χ1v) is 9.87. The number of fused-ring (bicyclic) bond motifs is 1. The van der Waals surface area contributed by atoms with Crippen molar-refractivity contribution in [2.75, 3.05) is 12.4 Å². The number of esters is 1. The highest BCUT2D eigenvalue weighted by Gasteiger charge is 2.32. The number of H-pyrrole nitrogens is 1. The van der Waals surface area contributed by atoms with Gasteiger partial charge >= 0.3 is 5.97 Å². The Morgan fingerprint density at radius 3 is 2.78 bits per heavy atom. The van der Waals surface area contributed by atoms with Crippen LogP contribution in [-0.2, 0) is 9.53 Å². The van der Waals surface area contributed by atoms with Crippen molar-refractivity contribution < 1.29 is 14.3 Å². The van der Waals surface area contributed by atoms with Crippen LogP contribution in [0.1, 0.15) is 26.9 Å². The van der Waals surface area contributed by atoms with Gasteiger partial charge in [0.25, 0.3) is 0 Å². The smallest absolute Gasteiger partial charge is 0.324 e. The maximum Gasteiger partial charge on any atom is 0.324 e. The van der Waals surface area contributed by atoms with E-state index in [9.17, 15) is 9.59 Å². The van der Waals surface area contributed by atoms with Crippen molar-refractivity contribution in [1.29, 1.82) is 0 Å². The molecule has 5 nitrogen and oxygen atoms in total. The van der Waals surface area contributed by atoms with E-state index in [2.05, 4.69) is 16.4 Å². The number of nitrogens with one attached hydrogen (secondary N) is 2. The molecule has 1 aliphatic rings. The predicted octanol–water partition coefficient (Wildman–Crippen LogP) is 3.61. The Bertz CT molecular complexity index is 981. The topological polar surface area (TPSA) is 71.2 Å². The summed E-state index contributed by atoms with van der Waals surface area (Å²) >= 11 is 1.67. The Morgan fingerprint density at radius 1 is 1.15 bits per heavy atom. The number of ketones is 1. The molecule has 2 aromatic carbocycles. The SMILES string of the molecule is Cc1ccc(C(=O)COC(=O)[C@@H]2CS[C@@H](c3cccc4[nH]ccc34)N2)cc1. The van der Waals surface area contributed by atoms with Gasteiger partial charge in [-0.1, -0.05) is 42.0 Å². The van der Waals surface area contributed by atoms with Crippen LogP contribution in [0.2, 0.25) is 0 Å². The molecule has 0 aliphatic carbocycles. The first-order chi connectivity index (χ1) is 13.1. The fourth-order valence-corrected chi connectivity index (χ4v) is 4.45. The van der Waals surface area contributed by atoms with Crippen LogP contribution >= 0.6 is 11.8 Å². The Kier molecular flexibility index (Phi) is 5.01. The van der Waals surface area contributed by atoms with Crippen LogP contribution < -0.4 is 5.32 Å². The molecule has 0 amide bonds. The zero-order chi connectivity index (χ0) is 18.8. The van der Waals surface area contributed by atoms with E-state index < -0.39 is 6.04 Å². The highest BCUT2D eigenvalue weighted by atomic mass is 32.2. The number of hydrogen-bond donors (Lipinski definition) is 2. The van der Waals surface area contributed by atoms with Crippen molar-refractivity contribution in [3.63, 3.8) is 0 Å². The second kappa shape index (κ2) is 7.58. The van der Waals surface area contributed by atoms with Crippen molar-refractivity contribution in [3.05, 3.63) is 71.4 Å². The minimum atomic E-state index is -0.417. The second-order valence-corrected chi connectivity index (χ2v) is 7.75. The monoisotopic (exact) mass is 380 g/mol. The Balaban J connectivity index is 1.36. The molecule has 1 fully saturated rings. The average Bonchev–Trinajstić information content (AvgIpc) is 3.35. The van der Waals surface area contributed by atoms with E-state index in [1.54, 1.807) is 23.9 Å². The third-order valence-corrected chi connectivity index (χ3v) is 5.95. The molecular weight excluding hydrogens is 360 g/mol. The maximum atomic E-state index is 12.4. The summed E-state index contributed by atoms with van der Waals surface area (Å²) in [6, 6.07) is 15.0. The molecule has 0 unspecified atom stereocenters. The van der Waals surface area contributed by atoms with E-state index in [0.29, 0.717) is 11.3 Å². The molecular formula is C21H20N2O3S. The predicted molar refractivity (Wildman–Crippen MR) is 107 cm³/mol. The molecule has 2 atom stereocenters. The Hall–Kier alpha value is -2.57. The quantitative estimate of drug-likeness (QED) is 0.523. The molecule has 6 heteroatoms. The van der Waals surface area contributed by atoms with Gasteiger partial charge in [0, 0.05) is 28.4 Å². The van der Waals surface area contributed by atoms with Crippen LogP contribution in [0.3, 0.4) is 0 Å². The molecule has 0 radical (unpaired) electrons. The number of aromatic nitrogens is 1. The number of rotatable bonds is 5. The first kappa shape index (κ1) is 17.8. The molecule has 27 heavy (non-hydrogen) atoms. The molecule has 138 valence electrons. The number of carbonyl (C=O) groups excluding carboxylic acids is 2. The summed E-state index contributed by atoms with van der Waals surface area (Å²) in [7, 11) is 0. The first-order valence-electron chi connectivity index (χ1n) is 8.82. The fraction of sp³-hybridized carbons (Fsp3) is 0.238. The zero-order valence-electron chi connectivity index (χ0n) is 14.9. The number of aryl methyl sites for hydroxylation is 1. The fourth-order valence-electron chi connectivity index (χ4n) is 3.19. The number of Topliss-reactive ketones (excluding diaryl/α,β-unsaturated/α-hetero) is 1. The van der Waals surface area contributed by atoms with E-state index in [0.717, 1.165) is 22.0 Å². The molecule has 0 bridgehead atoms. The largest absolute Gasteiger partial charge is 0.456 e. The lowest BCUT2D eigenvalue weighted by atomic mass is 10.1. The van der Waals surface area contributed by atoms with Gasteiger partial charge < -0.3 is 9.72 Å². The van der Waals surface area contributed by atoms with Gasteiger partial charge in [-0.05, 0) is 24.6 Å². The molecule has 1 saturated heterocycles.